The van der Waals surface area contributed by atoms with Crippen molar-refractivity contribution in [3.05, 3.63) is 33.7 Å². The number of rotatable bonds is 1. The van der Waals surface area contributed by atoms with Crippen LogP contribution in [0.25, 0.3) is 0 Å². The zero-order valence-electron chi connectivity index (χ0n) is 7.99. The maximum atomic E-state index is 12.3. The molecular weight excluding hydrogens is 243 g/mol. The maximum absolute atomic E-state index is 12.3. The average molecular weight is 250 g/mol. The van der Waals surface area contributed by atoms with Crippen LogP contribution in [0.4, 0.5) is 13.2 Å². The monoisotopic (exact) mass is 249 g/mol. The summed E-state index contributed by atoms with van der Waals surface area (Å²) in [5, 5.41) is 0. The van der Waals surface area contributed by atoms with E-state index in [4.69, 9.17) is 11.6 Å². The first-order chi connectivity index (χ1) is 7.45. The summed E-state index contributed by atoms with van der Waals surface area (Å²) in [6, 6.07) is 0.722. The molecule has 1 aromatic rings. The summed E-state index contributed by atoms with van der Waals surface area (Å²) in [6.45, 7) is 0. The van der Waals surface area contributed by atoms with E-state index >= 15 is 0 Å². The Morgan fingerprint density at radius 3 is 2.69 bits per heavy atom. The molecule has 1 rings (SSSR count). The minimum atomic E-state index is -4.49. The summed E-state index contributed by atoms with van der Waals surface area (Å²) >= 11 is 5.34. The smallest absolute Gasteiger partial charge is 0.327 e. The lowest BCUT2D eigenvalue weighted by Gasteiger charge is -2.05. The Hall–Kier alpha value is -1.41. The lowest BCUT2D eigenvalue weighted by molar-refractivity contribution is -0.137. The van der Waals surface area contributed by atoms with E-state index in [9.17, 15) is 18.0 Å². The van der Waals surface area contributed by atoms with Crippen molar-refractivity contribution in [3.63, 3.8) is 0 Å². The van der Waals surface area contributed by atoms with Gasteiger partial charge in [0.1, 0.15) is 0 Å². The summed E-state index contributed by atoms with van der Waals surface area (Å²) < 4.78 is 36.9. The van der Waals surface area contributed by atoms with E-state index in [2.05, 4.69) is 11.8 Å². The molecular formula is C10H7ClF3NO. The second-order valence-corrected chi connectivity index (χ2v) is 3.25. The summed E-state index contributed by atoms with van der Waals surface area (Å²) in [5.41, 5.74) is -1.78. The van der Waals surface area contributed by atoms with Gasteiger partial charge >= 0.3 is 6.18 Å². The molecule has 0 aliphatic rings. The highest BCUT2D eigenvalue weighted by molar-refractivity contribution is 6.18. The van der Waals surface area contributed by atoms with Gasteiger partial charge in [0.2, 0.25) is 0 Å². The molecule has 0 aliphatic carbocycles. The average Bonchev–Trinajstić information content (AvgIpc) is 2.19. The fraction of sp³-hybridized carbons (Fsp3) is 0.300. The van der Waals surface area contributed by atoms with Crippen LogP contribution >= 0.6 is 11.6 Å². The number of alkyl halides is 4. The van der Waals surface area contributed by atoms with E-state index in [-0.39, 0.29) is 11.4 Å². The van der Waals surface area contributed by atoms with Crippen LogP contribution in [-0.2, 0) is 6.18 Å². The third kappa shape index (κ3) is 3.31. The molecule has 0 unspecified atom stereocenters. The highest BCUT2D eigenvalue weighted by Gasteiger charge is 2.31. The third-order valence-electron chi connectivity index (χ3n) is 1.67. The van der Waals surface area contributed by atoms with Gasteiger partial charge in [-0.25, -0.2) is 0 Å². The van der Waals surface area contributed by atoms with Crippen LogP contribution in [0.1, 0.15) is 17.5 Å². The van der Waals surface area contributed by atoms with Gasteiger partial charge in [-0.15, -0.1) is 11.6 Å². The largest absolute Gasteiger partial charge is 0.417 e. The van der Waals surface area contributed by atoms with E-state index < -0.39 is 17.3 Å². The van der Waals surface area contributed by atoms with Crippen molar-refractivity contribution < 1.29 is 13.2 Å². The van der Waals surface area contributed by atoms with Crippen molar-refractivity contribution in [3.8, 4) is 11.8 Å². The SMILES string of the molecule is O=c1[nH]cc(C(F)(F)F)cc1C#CCCCl. The Morgan fingerprint density at radius 1 is 1.44 bits per heavy atom. The maximum Gasteiger partial charge on any atom is 0.417 e. The van der Waals surface area contributed by atoms with E-state index in [1.165, 1.54) is 0 Å². The molecule has 2 nitrogen and oxygen atoms in total. The van der Waals surface area contributed by atoms with Crippen LogP contribution in [0.3, 0.4) is 0 Å². The van der Waals surface area contributed by atoms with Crippen LogP contribution in [0.15, 0.2) is 17.1 Å². The van der Waals surface area contributed by atoms with Crippen molar-refractivity contribution in [1.29, 1.82) is 0 Å². The molecule has 16 heavy (non-hydrogen) atoms. The topological polar surface area (TPSA) is 32.9 Å². The van der Waals surface area contributed by atoms with Gasteiger partial charge in [-0.1, -0.05) is 11.8 Å². The molecule has 0 bridgehead atoms. The molecule has 86 valence electrons. The fourth-order valence-electron chi connectivity index (χ4n) is 0.945. The fourth-order valence-corrected chi connectivity index (χ4v) is 1.04. The molecule has 0 fully saturated rings. The molecule has 0 atom stereocenters. The molecule has 0 radical (unpaired) electrons. The van der Waals surface area contributed by atoms with Gasteiger partial charge in [0.25, 0.3) is 5.56 Å². The number of aromatic nitrogens is 1. The highest BCUT2D eigenvalue weighted by atomic mass is 35.5. The molecule has 0 spiro atoms. The first kappa shape index (κ1) is 12.7. The lowest BCUT2D eigenvalue weighted by Crippen LogP contribution is -2.14. The Labute approximate surface area is 94.4 Å². The normalized spacial score (nSPS) is 10.8. The quantitative estimate of drug-likeness (QED) is 0.602. The molecule has 0 saturated heterocycles. The number of aromatic amines is 1. The number of halogens is 4. The third-order valence-corrected chi connectivity index (χ3v) is 1.86. The summed E-state index contributed by atoms with van der Waals surface area (Å²) in [7, 11) is 0. The highest BCUT2D eigenvalue weighted by Crippen LogP contribution is 2.28. The minimum Gasteiger partial charge on any atom is -0.327 e. The van der Waals surface area contributed by atoms with Crippen LogP contribution in [0, 0.1) is 11.8 Å². The van der Waals surface area contributed by atoms with E-state index in [1.54, 1.807) is 0 Å². The van der Waals surface area contributed by atoms with Crippen molar-refractivity contribution in [1.82, 2.24) is 4.98 Å². The van der Waals surface area contributed by atoms with Gasteiger partial charge in [-0.3, -0.25) is 4.79 Å². The lowest BCUT2D eigenvalue weighted by atomic mass is 10.2. The number of hydrogen-bond acceptors (Lipinski definition) is 1. The van der Waals surface area contributed by atoms with Crippen LogP contribution < -0.4 is 5.56 Å². The zero-order valence-corrected chi connectivity index (χ0v) is 8.74. The second-order valence-electron chi connectivity index (χ2n) is 2.87. The molecule has 0 amide bonds. The van der Waals surface area contributed by atoms with Crippen LogP contribution in [0.2, 0.25) is 0 Å². The molecule has 0 aromatic carbocycles. The van der Waals surface area contributed by atoms with Crippen molar-refractivity contribution in [2.24, 2.45) is 0 Å². The summed E-state index contributed by atoms with van der Waals surface area (Å²) in [6.07, 6.45) is -3.56. The Kier molecular flexibility index (Phi) is 4.02. The zero-order chi connectivity index (χ0) is 12.2. The summed E-state index contributed by atoms with van der Waals surface area (Å²) in [5.74, 6) is 5.12. The predicted molar refractivity (Wildman–Crippen MR) is 54.3 cm³/mol. The van der Waals surface area contributed by atoms with Gasteiger partial charge in [0, 0.05) is 18.5 Å². The minimum absolute atomic E-state index is 0.208. The van der Waals surface area contributed by atoms with E-state index in [0.29, 0.717) is 12.6 Å². The second kappa shape index (κ2) is 5.08. The van der Waals surface area contributed by atoms with Crippen LogP contribution in [-0.4, -0.2) is 10.9 Å². The first-order valence-corrected chi connectivity index (χ1v) is 4.83. The van der Waals surface area contributed by atoms with Gasteiger partial charge in [0.15, 0.2) is 0 Å². The molecule has 1 aromatic heterocycles. The predicted octanol–water partition coefficient (Wildman–Crippen LogP) is 2.37. The molecule has 0 aliphatic heterocycles. The number of H-pyrrole nitrogens is 1. The Morgan fingerprint density at radius 2 is 2.12 bits per heavy atom. The number of pyridine rings is 1. The van der Waals surface area contributed by atoms with Gasteiger partial charge < -0.3 is 4.98 Å². The molecule has 0 saturated carbocycles. The number of hydrogen-bond donors (Lipinski definition) is 1. The van der Waals surface area contributed by atoms with Gasteiger partial charge in [-0.05, 0) is 6.07 Å². The Bertz CT molecular complexity index is 481. The Balaban J connectivity index is 3.11. The van der Waals surface area contributed by atoms with E-state index in [0.717, 1.165) is 6.07 Å². The van der Waals surface area contributed by atoms with Crippen LogP contribution in [0.5, 0.6) is 0 Å². The number of nitrogens with one attached hydrogen (secondary N) is 1. The first-order valence-electron chi connectivity index (χ1n) is 4.30. The van der Waals surface area contributed by atoms with Gasteiger partial charge in [-0.2, -0.15) is 13.2 Å². The van der Waals surface area contributed by atoms with Gasteiger partial charge in [0.05, 0.1) is 11.1 Å². The standard InChI is InChI=1S/C10H7ClF3NO/c11-4-2-1-3-7-5-8(10(12,13)14)6-15-9(7)16/h5-6H,2,4H2,(H,15,16). The van der Waals surface area contributed by atoms with E-state index in [1.807, 2.05) is 4.98 Å². The molecule has 1 heterocycles. The molecule has 6 heteroatoms. The van der Waals surface area contributed by atoms with Crippen molar-refractivity contribution in [2.45, 2.75) is 12.6 Å². The van der Waals surface area contributed by atoms with Crippen molar-refractivity contribution in [2.75, 3.05) is 5.88 Å². The molecule has 1 N–H and O–H groups in total. The summed E-state index contributed by atoms with van der Waals surface area (Å²) in [4.78, 5) is 13.1. The van der Waals surface area contributed by atoms with Crippen molar-refractivity contribution >= 4 is 11.6 Å².